The molecule has 1 aliphatic carbocycles. The van der Waals surface area contributed by atoms with Crippen LogP contribution in [0.2, 0.25) is 0 Å². The number of nitrogens with zero attached hydrogens (tertiary/aromatic N) is 1. The number of fused-ring (bicyclic) bond motifs is 8. The summed E-state index contributed by atoms with van der Waals surface area (Å²) in [7, 11) is 0. The Morgan fingerprint density at radius 2 is 1.16 bits per heavy atom. The zero-order chi connectivity index (χ0) is 33.9. The molecule has 0 saturated carbocycles. The van der Waals surface area contributed by atoms with Crippen molar-refractivity contribution in [2.75, 3.05) is 4.90 Å². The number of benzene rings is 8. The summed E-state index contributed by atoms with van der Waals surface area (Å²) in [5, 5.41) is 9.74. The van der Waals surface area contributed by atoms with Gasteiger partial charge in [0, 0.05) is 33.1 Å². The van der Waals surface area contributed by atoms with Gasteiger partial charge in [-0.2, -0.15) is 0 Å². The first-order valence-electron chi connectivity index (χ1n) is 17.7. The second-order valence-corrected chi connectivity index (χ2v) is 13.9. The van der Waals surface area contributed by atoms with Gasteiger partial charge in [0.15, 0.2) is 0 Å². The molecule has 1 aliphatic rings. The fraction of sp³-hybridized carbons (Fsp3) is 0.0612. The molecule has 0 aliphatic heterocycles. The minimum Gasteiger partial charge on any atom is -0.455 e. The molecular formula is C49H35NO. The average molecular weight is 654 g/mol. The molecule has 1 unspecified atom stereocenters. The van der Waals surface area contributed by atoms with E-state index in [0.29, 0.717) is 0 Å². The number of allylic oxidation sites excluding steroid dienone is 2. The summed E-state index contributed by atoms with van der Waals surface area (Å²) in [5.74, 6) is 0. The van der Waals surface area contributed by atoms with E-state index in [-0.39, 0.29) is 5.54 Å². The Morgan fingerprint density at radius 3 is 1.98 bits per heavy atom. The van der Waals surface area contributed by atoms with Gasteiger partial charge in [-0.15, -0.1) is 0 Å². The highest BCUT2D eigenvalue weighted by Gasteiger charge is 2.34. The fourth-order valence-corrected chi connectivity index (χ4v) is 8.34. The largest absolute Gasteiger partial charge is 0.455 e. The summed E-state index contributed by atoms with van der Waals surface area (Å²) in [6, 6.07) is 59.0. The van der Waals surface area contributed by atoms with Gasteiger partial charge in [-0.3, -0.25) is 0 Å². The van der Waals surface area contributed by atoms with Crippen molar-refractivity contribution in [1.29, 1.82) is 0 Å². The van der Waals surface area contributed by atoms with E-state index in [1.54, 1.807) is 0 Å². The van der Waals surface area contributed by atoms with E-state index in [1.165, 1.54) is 60.3 Å². The lowest BCUT2D eigenvalue weighted by Crippen LogP contribution is -2.42. The summed E-state index contributed by atoms with van der Waals surface area (Å²) < 4.78 is 6.54. The molecule has 2 nitrogen and oxygen atoms in total. The zero-order valence-electron chi connectivity index (χ0n) is 28.4. The number of furan rings is 1. The molecule has 0 fully saturated rings. The third-order valence-electron chi connectivity index (χ3n) is 10.8. The third kappa shape index (κ3) is 4.71. The highest BCUT2D eigenvalue weighted by molar-refractivity contribution is 6.18. The van der Waals surface area contributed by atoms with Crippen LogP contribution in [0, 0.1) is 0 Å². The van der Waals surface area contributed by atoms with E-state index in [9.17, 15) is 0 Å². The number of hydrogen-bond donors (Lipinski definition) is 0. The first-order valence-corrected chi connectivity index (χ1v) is 17.7. The van der Waals surface area contributed by atoms with Gasteiger partial charge in [0.1, 0.15) is 11.2 Å². The maximum Gasteiger partial charge on any atom is 0.143 e. The molecule has 0 amide bonds. The highest BCUT2D eigenvalue weighted by atomic mass is 16.3. The molecule has 242 valence electrons. The number of rotatable bonds is 5. The van der Waals surface area contributed by atoms with Gasteiger partial charge >= 0.3 is 0 Å². The Morgan fingerprint density at radius 1 is 0.510 bits per heavy atom. The van der Waals surface area contributed by atoms with Crippen molar-refractivity contribution in [3.63, 3.8) is 0 Å². The van der Waals surface area contributed by atoms with Gasteiger partial charge in [0.05, 0.1) is 5.54 Å². The maximum atomic E-state index is 6.54. The summed E-state index contributed by atoms with van der Waals surface area (Å²) in [6.45, 7) is 2.36. The maximum absolute atomic E-state index is 6.54. The van der Waals surface area contributed by atoms with Crippen molar-refractivity contribution in [1.82, 2.24) is 0 Å². The molecule has 0 spiro atoms. The number of para-hydroxylation sites is 2. The van der Waals surface area contributed by atoms with Crippen LogP contribution < -0.4 is 4.90 Å². The summed E-state index contributed by atoms with van der Waals surface area (Å²) in [6.07, 6.45) is 7.97. The first kappa shape index (κ1) is 29.5. The Balaban J connectivity index is 1.10. The van der Waals surface area contributed by atoms with Crippen molar-refractivity contribution in [3.8, 4) is 11.1 Å². The average Bonchev–Trinajstić information content (AvgIpc) is 3.58. The first-order chi connectivity index (χ1) is 25.2. The molecule has 1 heterocycles. The quantitative estimate of drug-likeness (QED) is 0.172. The molecule has 8 aromatic carbocycles. The Kier molecular flexibility index (Phi) is 6.72. The molecule has 0 bridgehead atoms. The molecule has 0 saturated heterocycles. The second kappa shape index (κ2) is 11.6. The summed E-state index contributed by atoms with van der Waals surface area (Å²) >= 11 is 0. The molecule has 2 heteroatoms. The SMILES string of the molecule is CC1(N(c2ccccc2)c2ccccc2-c2cccc3c2ccc2ccccc23)C=CC(c2cccc3oc4c5ccccc5ccc4c23)=CC1. The lowest BCUT2D eigenvalue weighted by Gasteiger charge is -2.43. The molecule has 10 rings (SSSR count). The Bertz CT molecular complexity index is 2860. The van der Waals surface area contributed by atoms with Gasteiger partial charge < -0.3 is 9.32 Å². The van der Waals surface area contributed by atoms with Crippen LogP contribution in [-0.2, 0) is 0 Å². The van der Waals surface area contributed by atoms with E-state index in [0.717, 1.165) is 34.0 Å². The number of anilines is 2. The van der Waals surface area contributed by atoms with Gasteiger partial charge in [0.25, 0.3) is 0 Å². The molecule has 1 atom stereocenters. The minimum absolute atomic E-state index is 0.333. The van der Waals surface area contributed by atoms with Crippen LogP contribution in [0.5, 0.6) is 0 Å². The normalized spacial score (nSPS) is 16.0. The topological polar surface area (TPSA) is 16.4 Å². The predicted molar refractivity (Wildman–Crippen MR) is 217 cm³/mol. The van der Waals surface area contributed by atoms with Crippen LogP contribution >= 0.6 is 0 Å². The molecular weight excluding hydrogens is 619 g/mol. The number of hydrogen-bond acceptors (Lipinski definition) is 2. The van der Waals surface area contributed by atoms with Crippen LogP contribution in [0.15, 0.2) is 186 Å². The summed E-state index contributed by atoms with van der Waals surface area (Å²) in [5.41, 5.74) is 8.76. The fourth-order valence-electron chi connectivity index (χ4n) is 8.34. The van der Waals surface area contributed by atoms with Gasteiger partial charge in [0.2, 0.25) is 0 Å². The molecule has 1 aromatic heterocycles. The zero-order valence-corrected chi connectivity index (χ0v) is 28.4. The Labute approximate surface area is 297 Å². The van der Waals surface area contributed by atoms with Gasteiger partial charge in [-0.05, 0) is 87.3 Å². The van der Waals surface area contributed by atoms with Crippen LogP contribution in [0.3, 0.4) is 0 Å². The van der Waals surface area contributed by atoms with Gasteiger partial charge in [-0.1, -0.05) is 152 Å². The van der Waals surface area contributed by atoms with Crippen molar-refractivity contribution < 1.29 is 4.42 Å². The van der Waals surface area contributed by atoms with Crippen molar-refractivity contribution in [2.24, 2.45) is 0 Å². The molecule has 51 heavy (non-hydrogen) atoms. The standard InChI is InChI=1S/C49H35NO/c1-49(31-29-35(30-32-49)38-20-12-24-46-47(38)44-28-26-34-14-6-8-18-39(34)48(44)51-46)50(36-15-3-2-4-16-36)45-23-10-9-19-43(45)41-22-11-21-40-37-17-7-5-13-33(37)25-27-42(40)41/h2-31H,32H2,1H3. The monoisotopic (exact) mass is 653 g/mol. The van der Waals surface area contributed by atoms with Crippen molar-refractivity contribution in [3.05, 3.63) is 188 Å². The van der Waals surface area contributed by atoms with E-state index in [2.05, 4.69) is 194 Å². The van der Waals surface area contributed by atoms with Crippen molar-refractivity contribution in [2.45, 2.75) is 18.9 Å². The highest BCUT2D eigenvalue weighted by Crippen LogP contribution is 2.46. The van der Waals surface area contributed by atoms with E-state index >= 15 is 0 Å². The minimum atomic E-state index is -0.333. The van der Waals surface area contributed by atoms with Crippen LogP contribution in [0.25, 0.3) is 71.0 Å². The van der Waals surface area contributed by atoms with Gasteiger partial charge in [-0.25, -0.2) is 0 Å². The van der Waals surface area contributed by atoms with E-state index in [1.807, 2.05) is 0 Å². The smallest absolute Gasteiger partial charge is 0.143 e. The molecule has 0 N–H and O–H groups in total. The van der Waals surface area contributed by atoms with Crippen LogP contribution in [0.4, 0.5) is 11.4 Å². The third-order valence-corrected chi connectivity index (χ3v) is 10.8. The van der Waals surface area contributed by atoms with Crippen molar-refractivity contribution >= 4 is 71.2 Å². The predicted octanol–water partition coefficient (Wildman–Crippen LogP) is 13.7. The van der Waals surface area contributed by atoms with E-state index < -0.39 is 0 Å². The molecule has 0 radical (unpaired) electrons. The Hall–Kier alpha value is -6.38. The van der Waals surface area contributed by atoms with E-state index in [4.69, 9.17) is 4.42 Å². The lowest BCUT2D eigenvalue weighted by atomic mass is 9.84. The second-order valence-electron chi connectivity index (χ2n) is 13.9. The lowest BCUT2D eigenvalue weighted by molar-refractivity contribution is 0.572. The van der Waals surface area contributed by atoms with Crippen LogP contribution in [-0.4, -0.2) is 5.54 Å². The summed E-state index contributed by atoms with van der Waals surface area (Å²) in [4.78, 5) is 2.53. The van der Waals surface area contributed by atoms with Crippen LogP contribution in [0.1, 0.15) is 18.9 Å². The molecule has 9 aromatic rings.